The molecule has 6 heteroatoms. The highest BCUT2D eigenvalue weighted by molar-refractivity contribution is 5.73. The van der Waals surface area contributed by atoms with Crippen molar-refractivity contribution in [2.75, 3.05) is 18.7 Å². The average molecular weight is 333 g/mol. The van der Waals surface area contributed by atoms with Crippen molar-refractivity contribution in [1.82, 2.24) is 0 Å². The van der Waals surface area contributed by atoms with E-state index in [4.69, 9.17) is 9.47 Å². The van der Waals surface area contributed by atoms with Crippen LogP contribution in [0.1, 0.15) is 17.0 Å². The second-order valence-electron chi connectivity index (χ2n) is 6.53. The lowest BCUT2D eigenvalue weighted by atomic mass is 9.87. The molecule has 2 aliphatic heterocycles. The summed E-state index contributed by atoms with van der Waals surface area (Å²) in [7, 11) is 1.74. The third-order valence-corrected chi connectivity index (χ3v) is 5.55. The summed E-state index contributed by atoms with van der Waals surface area (Å²) in [6.07, 6.45) is -4.35. The number of rotatable bonds is 1. The van der Waals surface area contributed by atoms with Crippen LogP contribution in [0.25, 0.3) is 0 Å². The van der Waals surface area contributed by atoms with Crippen LogP contribution in [0.2, 0.25) is 0 Å². The van der Waals surface area contributed by atoms with Gasteiger partial charge in [-0.3, -0.25) is 0 Å². The van der Waals surface area contributed by atoms with Crippen molar-refractivity contribution in [1.29, 1.82) is 0 Å². The zero-order valence-corrected chi connectivity index (χ0v) is 12.8. The van der Waals surface area contributed by atoms with Crippen molar-refractivity contribution < 1.29 is 22.6 Å². The second kappa shape index (κ2) is 4.18. The summed E-state index contributed by atoms with van der Waals surface area (Å²) in [5.41, 5.74) is 0.000545. The van der Waals surface area contributed by atoms with Gasteiger partial charge < -0.3 is 14.4 Å². The first-order chi connectivity index (χ1) is 11.5. The Kier molecular flexibility index (Phi) is 2.44. The average Bonchev–Trinajstić information content (AvgIpc) is 2.90. The van der Waals surface area contributed by atoms with Crippen molar-refractivity contribution in [2.45, 2.75) is 23.6 Å². The van der Waals surface area contributed by atoms with Gasteiger partial charge in [0.05, 0.1) is 6.04 Å². The van der Waals surface area contributed by atoms with Gasteiger partial charge in [0.25, 0.3) is 0 Å². The fraction of sp³-hybridized carbons (Fsp3) is 0.333. The van der Waals surface area contributed by atoms with E-state index in [1.165, 1.54) is 12.1 Å². The van der Waals surface area contributed by atoms with E-state index < -0.39 is 23.6 Å². The molecule has 0 aromatic heterocycles. The molecule has 3 aliphatic rings. The highest BCUT2D eigenvalue weighted by Crippen LogP contribution is 2.74. The molecule has 0 spiro atoms. The number of hydrogen-bond donors (Lipinski definition) is 0. The Labute approximate surface area is 136 Å². The van der Waals surface area contributed by atoms with E-state index in [1.807, 2.05) is 12.1 Å². The third-order valence-electron chi connectivity index (χ3n) is 5.55. The Hall–Kier alpha value is -2.37. The Bertz CT molecular complexity index is 850. The van der Waals surface area contributed by atoms with E-state index in [9.17, 15) is 13.2 Å². The third kappa shape index (κ3) is 1.45. The smallest absolute Gasteiger partial charge is 0.401 e. The number of likely N-dealkylation sites (N-methyl/N-ethyl adjacent to an activating group) is 1. The van der Waals surface area contributed by atoms with Gasteiger partial charge in [0, 0.05) is 18.7 Å². The molecule has 1 fully saturated rings. The first-order valence-electron chi connectivity index (χ1n) is 7.75. The summed E-state index contributed by atoms with van der Waals surface area (Å²) >= 11 is 0. The Morgan fingerprint density at radius 1 is 1.08 bits per heavy atom. The Morgan fingerprint density at radius 3 is 2.62 bits per heavy atom. The molecule has 24 heavy (non-hydrogen) atoms. The minimum atomic E-state index is -4.35. The first kappa shape index (κ1) is 14.0. The number of hydrogen-bond acceptors (Lipinski definition) is 3. The quantitative estimate of drug-likeness (QED) is 0.792. The van der Waals surface area contributed by atoms with Crippen LogP contribution in [0.15, 0.2) is 42.5 Å². The van der Waals surface area contributed by atoms with Crippen LogP contribution in [0.3, 0.4) is 0 Å². The van der Waals surface area contributed by atoms with Crippen LogP contribution in [0.4, 0.5) is 18.9 Å². The predicted octanol–water partition coefficient (Wildman–Crippen LogP) is 3.83. The Morgan fingerprint density at radius 2 is 1.83 bits per heavy atom. The van der Waals surface area contributed by atoms with Gasteiger partial charge in [0.15, 0.2) is 11.5 Å². The molecule has 2 aromatic carbocycles. The van der Waals surface area contributed by atoms with Gasteiger partial charge in [0.1, 0.15) is 5.41 Å². The molecular weight excluding hydrogens is 319 g/mol. The molecule has 1 aliphatic carbocycles. The van der Waals surface area contributed by atoms with Crippen molar-refractivity contribution in [3.05, 3.63) is 53.6 Å². The zero-order valence-electron chi connectivity index (χ0n) is 12.8. The van der Waals surface area contributed by atoms with Gasteiger partial charge in [-0.05, 0) is 29.3 Å². The van der Waals surface area contributed by atoms with Crippen molar-refractivity contribution in [2.24, 2.45) is 0 Å². The molecule has 0 amide bonds. The van der Waals surface area contributed by atoms with Gasteiger partial charge in [0.2, 0.25) is 6.79 Å². The normalized spacial score (nSPS) is 29.4. The molecule has 2 heterocycles. The molecule has 0 radical (unpaired) electrons. The van der Waals surface area contributed by atoms with E-state index in [-0.39, 0.29) is 12.4 Å². The number of para-hydroxylation sites is 1. The topological polar surface area (TPSA) is 21.7 Å². The van der Waals surface area contributed by atoms with E-state index >= 15 is 0 Å². The molecule has 0 bridgehead atoms. The summed E-state index contributed by atoms with van der Waals surface area (Å²) in [6.45, 7) is 0.0490. The van der Waals surface area contributed by atoms with Crippen LogP contribution in [0, 0.1) is 0 Å². The Balaban J connectivity index is 1.69. The minimum absolute atomic E-state index is 0.0490. The monoisotopic (exact) mass is 333 g/mol. The molecule has 3 nitrogen and oxygen atoms in total. The molecule has 0 saturated heterocycles. The summed E-state index contributed by atoms with van der Waals surface area (Å²) in [4.78, 5) is 1.76. The molecule has 0 N–H and O–H groups in total. The molecule has 3 atom stereocenters. The van der Waals surface area contributed by atoms with E-state index in [1.54, 1.807) is 30.1 Å². The first-order valence-corrected chi connectivity index (χ1v) is 7.75. The number of benzene rings is 2. The van der Waals surface area contributed by atoms with Gasteiger partial charge in [-0.15, -0.1) is 0 Å². The highest BCUT2D eigenvalue weighted by Gasteiger charge is 2.82. The van der Waals surface area contributed by atoms with Crippen molar-refractivity contribution in [3.8, 4) is 11.5 Å². The van der Waals surface area contributed by atoms with Gasteiger partial charge in [-0.1, -0.05) is 24.3 Å². The van der Waals surface area contributed by atoms with Crippen molar-refractivity contribution in [3.63, 3.8) is 0 Å². The molecule has 0 unspecified atom stereocenters. The molecule has 2 aromatic rings. The number of fused-ring (bicyclic) bond motifs is 4. The highest BCUT2D eigenvalue weighted by atomic mass is 19.4. The van der Waals surface area contributed by atoms with Crippen molar-refractivity contribution >= 4 is 5.69 Å². The number of anilines is 1. The van der Waals surface area contributed by atoms with Crippen LogP contribution in [-0.2, 0) is 5.41 Å². The summed E-state index contributed by atoms with van der Waals surface area (Å²) in [6, 6.07) is 11.3. The number of nitrogens with zero attached hydrogens (tertiary/aromatic N) is 1. The standard InChI is InChI=1S/C18H14F3NO2/c1-22-12-5-3-2-4-11(12)15-16(22)17(15,18(19,20)21)10-6-7-13-14(8-10)24-9-23-13/h2-8,15-16H,9H2,1H3/t15-,16+,17+/m0/s1. The maximum absolute atomic E-state index is 14.2. The second-order valence-corrected chi connectivity index (χ2v) is 6.53. The van der Waals surface area contributed by atoms with Crippen LogP contribution >= 0.6 is 0 Å². The van der Waals surface area contributed by atoms with Gasteiger partial charge in [-0.25, -0.2) is 0 Å². The predicted molar refractivity (Wildman–Crippen MR) is 81.7 cm³/mol. The van der Waals surface area contributed by atoms with E-state index in [0.717, 1.165) is 11.3 Å². The minimum Gasteiger partial charge on any atom is -0.454 e. The molecule has 124 valence electrons. The summed E-state index contributed by atoms with van der Waals surface area (Å²) < 4.78 is 53.2. The maximum Gasteiger partial charge on any atom is 0.401 e. The lowest BCUT2D eigenvalue weighted by Crippen LogP contribution is -2.39. The largest absolute Gasteiger partial charge is 0.454 e. The van der Waals surface area contributed by atoms with Gasteiger partial charge >= 0.3 is 6.18 Å². The van der Waals surface area contributed by atoms with E-state index in [0.29, 0.717) is 11.5 Å². The van der Waals surface area contributed by atoms with E-state index in [2.05, 4.69) is 0 Å². The lowest BCUT2D eigenvalue weighted by molar-refractivity contribution is -0.163. The summed E-state index contributed by atoms with van der Waals surface area (Å²) in [5.74, 6) is 0.298. The molecule has 5 rings (SSSR count). The SMILES string of the molecule is CN1c2ccccc2[C@H]2[C@@H]1[C@]2(c1ccc2c(c1)OCO2)C(F)(F)F. The van der Waals surface area contributed by atoms with Crippen LogP contribution < -0.4 is 14.4 Å². The number of halogens is 3. The number of alkyl halides is 3. The fourth-order valence-corrected chi connectivity index (χ4v) is 4.55. The van der Waals surface area contributed by atoms with Crippen LogP contribution in [0.5, 0.6) is 11.5 Å². The molecule has 1 saturated carbocycles. The number of ether oxygens (including phenoxy) is 2. The zero-order chi connectivity index (χ0) is 16.7. The maximum atomic E-state index is 14.2. The fourth-order valence-electron chi connectivity index (χ4n) is 4.55. The van der Waals surface area contributed by atoms with Crippen LogP contribution in [-0.4, -0.2) is 26.1 Å². The summed E-state index contributed by atoms with van der Waals surface area (Å²) in [5, 5.41) is 0. The molecular formula is C18H14F3NO2. The van der Waals surface area contributed by atoms with Gasteiger partial charge in [-0.2, -0.15) is 13.2 Å². The lowest BCUT2D eigenvalue weighted by Gasteiger charge is -2.29.